The Morgan fingerprint density at radius 1 is 1.10 bits per heavy atom. The van der Waals surface area contributed by atoms with Crippen LogP contribution in [0.5, 0.6) is 0 Å². The van der Waals surface area contributed by atoms with Crippen molar-refractivity contribution in [2.24, 2.45) is 0 Å². The van der Waals surface area contributed by atoms with E-state index in [0.717, 1.165) is 11.3 Å². The Morgan fingerprint density at radius 2 is 1.81 bits per heavy atom. The van der Waals surface area contributed by atoms with Crippen LogP contribution in [0, 0.1) is 6.92 Å². The number of anilines is 1. The molecular weight excluding hydrogens is 280 g/mol. The Hall–Kier alpha value is -1.54. The summed E-state index contributed by atoms with van der Waals surface area (Å²) in [6, 6.07) is 13.4. The van der Waals surface area contributed by atoms with Crippen molar-refractivity contribution in [2.75, 3.05) is 5.32 Å². The molecule has 1 heterocycles. The number of nitrogens with one attached hydrogen (secondary N) is 1. The lowest BCUT2D eigenvalue weighted by molar-refractivity contribution is 0.412. The fraction of sp³-hybridized carbons (Fsp3) is 0.389. The number of halogens is 1. The summed E-state index contributed by atoms with van der Waals surface area (Å²) < 4.78 is 0. The molecule has 3 rings (SSSR count). The molecule has 0 unspecified atom stereocenters. The summed E-state index contributed by atoms with van der Waals surface area (Å²) in [5.41, 5.74) is 3.59. The lowest BCUT2D eigenvalue weighted by Crippen LogP contribution is -2.25. The number of aryl methyl sites for hydroxylation is 1. The number of rotatable bonds is 3. The molecule has 0 spiro atoms. The van der Waals surface area contributed by atoms with Crippen LogP contribution in [-0.4, -0.2) is 11.0 Å². The second-order valence-corrected chi connectivity index (χ2v) is 6.31. The third kappa shape index (κ3) is 3.56. The summed E-state index contributed by atoms with van der Waals surface area (Å²) in [4.78, 5) is 4.21. The number of pyridine rings is 1. The Bertz CT molecular complexity index is 589. The van der Waals surface area contributed by atoms with Gasteiger partial charge in [0.1, 0.15) is 0 Å². The lowest BCUT2D eigenvalue weighted by Gasteiger charge is -2.30. The summed E-state index contributed by atoms with van der Waals surface area (Å²) in [6.45, 7) is 2.04. The van der Waals surface area contributed by atoms with E-state index in [9.17, 15) is 0 Å². The van der Waals surface area contributed by atoms with Gasteiger partial charge < -0.3 is 5.32 Å². The number of nitrogens with zero attached hydrogens (tertiary/aromatic N) is 1. The summed E-state index contributed by atoms with van der Waals surface area (Å²) in [5.74, 6) is 0.704. The first-order chi connectivity index (χ1) is 10.2. The van der Waals surface area contributed by atoms with E-state index in [-0.39, 0.29) is 0 Å². The molecular formula is C18H21ClN2. The molecule has 0 atom stereocenters. The Balaban J connectivity index is 1.60. The first-order valence-corrected chi connectivity index (χ1v) is 8.04. The van der Waals surface area contributed by atoms with E-state index in [1.54, 1.807) is 6.20 Å². The molecule has 2 nitrogen and oxygen atoms in total. The minimum atomic E-state index is 0.506. The quantitative estimate of drug-likeness (QED) is 0.790. The molecule has 2 aromatic rings. The maximum atomic E-state index is 6.17. The Morgan fingerprint density at radius 3 is 2.52 bits per heavy atom. The topological polar surface area (TPSA) is 24.9 Å². The van der Waals surface area contributed by atoms with Crippen molar-refractivity contribution in [2.45, 2.75) is 44.6 Å². The van der Waals surface area contributed by atoms with Crippen molar-refractivity contribution in [3.63, 3.8) is 0 Å². The van der Waals surface area contributed by atoms with Gasteiger partial charge >= 0.3 is 0 Å². The fourth-order valence-corrected chi connectivity index (χ4v) is 3.33. The lowest BCUT2D eigenvalue weighted by atomic mass is 9.82. The van der Waals surface area contributed by atoms with Crippen LogP contribution in [-0.2, 0) is 0 Å². The van der Waals surface area contributed by atoms with Crippen LogP contribution in [0.15, 0.2) is 42.6 Å². The van der Waals surface area contributed by atoms with Gasteiger partial charge in [0, 0.05) is 12.2 Å². The molecule has 0 radical (unpaired) electrons. The molecule has 1 aliphatic carbocycles. The second-order valence-electron chi connectivity index (χ2n) is 5.95. The van der Waals surface area contributed by atoms with Crippen LogP contribution in [0.25, 0.3) is 0 Å². The van der Waals surface area contributed by atoms with Crippen LogP contribution in [0.4, 0.5) is 5.69 Å². The first kappa shape index (κ1) is 14.4. The highest BCUT2D eigenvalue weighted by molar-refractivity contribution is 6.31. The number of benzene rings is 1. The van der Waals surface area contributed by atoms with E-state index in [1.165, 1.54) is 31.2 Å². The predicted octanol–water partition coefficient (Wildman–Crippen LogP) is 5.18. The van der Waals surface area contributed by atoms with Gasteiger partial charge in [-0.15, -0.1) is 0 Å². The zero-order valence-electron chi connectivity index (χ0n) is 12.3. The molecule has 1 aliphatic rings. The third-order valence-corrected chi connectivity index (χ3v) is 4.63. The van der Waals surface area contributed by atoms with E-state index in [2.05, 4.69) is 46.7 Å². The number of hydrogen-bond acceptors (Lipinski definition) is 2. The highest BCUT2D eigenvalue weighted by Crippen LogP contribution is 2.34. The van der Waals surface area contributed by atoms with Crippen molar-refractivity contribution < 1.29 is 0 Å². The van der Waals surface area contributed by atoms with Gasteiger partial charge in [-0.1, -0.05) is 41.9 Å². The monoisotopic (exact) mass is 300 g/mol. The van der Waals surface area contributed by atoms with Gasteiger partial charge in [0.15, 0.2) is 5.15 Å². The largest absolute Gasteiger partial charge is 0.380 e. The van der Waals surface area contributed by atoms with E-state index < -0.39 is 0 Å². The third-order valence-electron chi connectivity index (χ3n) is 4.33. The van der Waals surface area contributed by atoms with Crippen LogP contribution in [0.1, 0.15) is 42.7 Å². The summed E-state index contributed by atoms with van der Waals surface area (Å²) >= 11 is 6.17. The molecule has 1 fully saturated rings. The Labute approximate surface area is 131 Å². The molecule has 110 valence electrons. The normalized spacial score (nSPS) is 22.0. The summed E-state index contributed by atoms with van der Waals surface area (Å²) in [7, 11) is 0. The van der Waals surface area contributed by atoms with Gasteiger partial charge in [-0.05, 0) is 55.7 Å². The van der Waals surface area contributed by atoms with E-state index in [1.807, 2.05) is 6.92 Å². The second kappa shape index (κ2) is 6.48. The maximum Gasteiger partial charge on any atom is 0.152 e. The molecule has 1 aromatic carbocycles. The summed E-state index contributed by atoms with van der Waals surface area (Å²) in [5, 5.41) is 4.14. The van der Waals surface area contributed by atoms with Crippen LogP contribution < -0.4 is 5.32 Å². The van der Waals surface area contributed by atoms with E-state index >= 15 is 0 Å². The minimum Gasteiger partial charge on any atom is -0.380 e. The van der Waals surface area contributed by atoms with Gasteiger partial charge in [-0.3, -0.25) is 0 Å². The van der Waals surface area contributed by atoms with Gasteiger partial charge in [0.05, 0.1) is 5.69 Å². The average Bonchev–Trinajstić information content (AvgIpc) is 2.53. The standard InChI is InChI=1S/C18H21ClN2/c1-13-11-17(18(19)20-12-13)21-16-9-7-15(8-10-16)14-5-3-2-4-6-14/h2-6,11-12,15-16,21H,7-10H2,1H3. The van der Waals surface area contributed by atoms with Gasteiger partial charge in [0.25, 0.3) is 0 Å². The van der Waals surface area contributed by atoms with Crippen LogP contribution in [0.3, 0.4) is 0 Å². The molecule has 21 heavy (non-hydrogen) atoms. The van der Waals surface area contributed by atoms with Crippen molar-refractivity contribution in [3.05, 3.63) is 58.9 Å². The van der Waals surface area contributed by atoms with Gasteiger partial charge in [0.2, 0.25) is 0 Å². The molecule has 1 aromatic heterocycles. The van der Waals surface area contributed by atoms with Crippen LogP contribution in [0.2, 0.25) is 5.15 Å². The Kier molecular flexibility index (Phi) is 4.45. The first-order valence-electron chi connectivity index (χ1n) is 7.66. The highest BCUT2D eigenvalue weighted by Gasteiger charge is 2.22. The molecule has 0 aliphatic heterocycles. The number of hydrogen-bond donors (Lipinski definition) is 1. The molecule has 1 N–H and O–H groups in total. The average molecular weight is 301 g/mol. The SMILES string of the molecule is Cc1cnc(Cl)c(NC2CCC(c3ccccc3)CC2)c1. The van der Waals surface area contributed by atoms with Crippen molar-refractivity contribution in [1.29, 1.82) is 0 Å². The smallest absolute Gasteiger partial charge is 0.152 e. The summed E-state index contributed by atoms with van der Waals surface area (Å²) in [6.07, 6.45) is 6.64. The molecule has 0 bridgehead atoms. The minimum absolute atomic E-state index is 0.506. The fourth-order valence-electron chi connectivity index (χ4n) is 3.17. The number of aromatic nitrogens is 1. The predicted molar refractivity (Wildman–Crippen MR) is 89.0 cm³/mol. The van der Waals surface area contributed by atoms with E-state index in [0.29, 0.717) is 17.1 Å². The zero-order chi connectivity index (χ0) is 14.7. The highest BCUT2D eigenvalue weighted by atomic mass is 35.5. The zero-order valence-corrected chi connectivity index (χ0v) is 13.1. The van der Waals surface area contributed by atoms with Gasteiger partial charge in [-0.2, -0.15) is 0 Å². The van der Waals surface area contributed by atoms with Crippen molar-refractivity contribution in [1.82, 2.24) is 4.98 Å². The van der Waals surface area contributed by atoms with E-state index in [4.69, 9.17) is 11.6 Å². The molecule has 1 saturated carbocycles. The van der Waals surface area contributed by atoms with Crippen molar-refractivity contribution in [3.8, 4) is 0 Å². The van der Waals surface area contributed by atoms with Crippen molar-refractivity contribution >= 4 is 17.3 Å². The molecule has 0 amide bonds. The maximum absolute atomic E-state index is 6.17. The molecule has 0 saturated heterocycles. The van der Waals surface area contributed by atoms with Crippen LogP contribution >= 0.6 is 11.6 Å². The molecule has 3 heteroatoms. The van der Waals surface area contributed by atoms with Gasteiger partial charge in [-0.25, -0.2) is 4.98 Å².